The molecule has 1 aromatic heterocycles. The third-order valence-electron chi connectivity index (χ3n) is 2.64. The molecule has 0 radical (unpaired) electrons. The van der Waals surface area contributed by atoms with Gasteiger partial charge in [0, 0.05) is 11.6 Å². The minimum atomic E-state index is 0.480. The predicted octanol–water partition coefficient (Wildman–Crippen LogP) is 3.82. The summed E-state index contributed by atoms with van der Waals surface area (Å²) in [4.78, 5) is 0. The van der Waals surface area contributed by atoms with Crippen molar-refractivity contribution in [3.63, 3.8) is 0 Å². The summed E-state index contributed by atoms with van der Waals surface area (Å²) < 4.78 is 13.0. The van der Waals surface area contributed by atoms with E-state index in [2.05, 4.69) is 48.7 Å². The Hall–Kier alpha value is -0.960. The summed E-state index contributed by atoms with van der Waals surface area (Å²) in [5.74, 6) is 1.97. The maximum atomic E-state index is 5.79. The molecule has 0 atom stereocenters. The van der Waals surface area contributed by atoms with Gasteiger partial charge in [0.2, 0.25) is 0 Å². The van der Waals surface area contributed by atoms with Crippen LogP contribution in [0.1, 0.15) is 13.8 Å². The molecule has 0 aliphatic rings. The summed E-state index contributed by atoms with van der Waals surface area (Å²) in [5.41, 5.74) is 7.53. The Morgan fingerprint density at radius 1 is 1.25 bits per heavy atom. The predicted molar refractivity (Wildman–Crippen MR) is 91.2 cm³/mol. The summed E-state index contributed by atoms with van der Waals surface area (Å²) in [6, 6.07) is 3.82. The van der Waals surface area contributed by atoms with E-state index < -0.39 is 0 Å². The fourth-order valence-electron chi connectivity index (χ4n) is 1.79. The van der Waals surface area contributed by atoms with Crippen LogP contribution in [-0.2, 0) is 0 Å². The zero-order chi connectivity index (χ0) is 14.7. The highest BCUT2D eigenvalue weighted by Crippen LogP contribution is 2.40. The average Bonchev–Trinajstić information content (AvgIpc) is 2.74. The molecule has 0 spiro atoms. The van der Waals surface area contributed by atoms with Gasteiger partial charge in [0.05, 0.1) is 27.0 Å². The number of halogens is 2. The second-order valence-electron chi connectivity index (χ2n) is 3.94. The molecule has 0 amide bonds. The Labute approximate surface area is 139 Å². The minimum Gasteiger partial charge on any atom is -0.493 e. The quantitative estimate of drug-likeness (QED) is 0.677. The van der Waals surface area contributed by atoms with Crippen molar-refractivity contribution in [2.45, 2.75) is 13.8 Å². The number of benzene rings is 1. The molecule has 2 rings (SSSR count). The molecule has 108 valence electrons. The first kappa shape index (κ1) is 15.4. The lowest BCUT2D eigenvalue weighted by Gasteiger charge is -2.13. The monoisotopic (exact) mass is 451 g/mol. The van der Waals surface area contributed by atoms with Crippen LogP contribution in [0.3, 0.4) is 0 Å². The van der Waals surface area contributed by atoms with Crippen LogP contribution in [0, 0.1) is 3.57 Å². The third-order valence-corrected chi connectivity index (χ3v) is 4.35. The molecule has 1 heterocycles. The molecular formula is C13H15BrIN3O2. The van der Waals surface area contributed by atoms with Crippen molar-refractivity contribution in [3.8, 4) is 22.8 Å². The van der Waals surface area contributed by atoms with E-state index in [1.54, 1.807) is 0 Å². The molecule has 2 aromatic rings. The molecule has 0 saturated carbocycles. The van der Waals surface area contributed by atoms with Crippen LogP contribution in [0.25, 0.3) is 11.3 Å². The molecule has 0 saturated heterocycles. The van der Waals surface area contributed by atoms with Crippen molar-refractivity contribution < 1.29 is 9.47 Å². The Morgan fingerprint density at radius 2 is 1.90 bits per heavy atom. The van der Waals surface area contributed by atoms with E-state index in [1.807, 2.05) is 26.0 Å². The topological polar surface area (TPSA) is 73.2 Å². The van der Waals surface area contributed by atoms with Crippen LogP contribution >= 0.6 is 38.5 Å². The lowest BCUT2D eigenvalue weighted by atomic mass is 10.1. The Kier molecular flexibility index (Phi) is 5.14. The number of nitrogens with zero attached hydrogens (tertiary/aromatic N) is 1. The maximum Gasteiger partial charge on any atom is 0.159 e. The van der Waals surface area contributed by atoms with Crippen LogP contribution in [0.5, 0.6) is 11.5 Å². The number of aromatic nitrogens is 2. The molecular weight excluding hydrogens is 437 g/mol. The van der Waals surface area contributed by atoms with E-state index >= 15 is 0 Å². The van der Waals surface area contributed by atoms with Gasteiger partial charge in [-0.2, -0.15) is 5.10 Å². The van der Waals surface area contributed by atoms with E-state index in [0.717, 1.165) is 30.8 Å². The summed E-state index contributed by atoms with van der Waals surface area (Å²) in [6.45, 7) is 5.05. The van der Waals surface area contributed by atoms with Gasteiger partial charge in [0.25, 0.3) is 0 Å². The van der Waals surface area contributed by atoms with Gasteiger partial charge >= 0.3 is 0 Å². The summed E-state index contributed by atoms with van der Waals surface area (Å²) in [7, 11) is 0. The third kappa shape index (κ3) is 3.03. The van der Waals surface area contributed by atoms with Crippen molar-refractivity contribution in [2.75, 3.05) is 18.9 Å². The molecule has 7 heteroatoms. The number of nitrogens with two attached hydrogens (primary N) is 1. The van der Waals surface area contributed by atoms with Gasteiger partial charge in [-0.25, -0.2) is 0 Å². The first-order valence-electron chi connectivity index (χ1n) is 6.17. The molecule has 0 unspecified atom stereocenters. The molecule has 0 fully saturated rings. The molecule has 3 N–H and O–H groups in total. The summed E-state index contributed by atoms with van der Waals surface area (Å²) in [6.07, 6.45) is 0. The van der Waals surface area contributed by atoms with Gasteiger partial charge in [0.1, 0.15) is 11.5 Å². The maximum absolute atomic E-state index is 5.79. The van der Waals surface area contributed by atoms with Crippen LogP contribution in [-0.4, -0.2) is 23.4 Å². The fourth-order valence-corrected chi connectivity index (χ4v) is 2.78. The number of aromatic amines is 1. The van der Waals surface area contributed by atoms with Crippen LogP contribution in [0.15, 0.2) is 16.6 Å². The minimum absolute atomic E-state index is 0.480. The zero-order valence-corrected chi connectivity index (χ0v) is 14.9. The average molecular weight is 452 g/mol. The normalized spacial score (nSPS) is 10.6. The highest BCUT2D eigenvalue weighted by molar-refractivity contribution is 14.1. The van der Waals surface area contributed by atoms with E-state index in [1.165, 1.54) is 0 Å². The lowest BCUT2D eigenvalue weighted by molar-refractivity contribution is 0.322. The van der Waals surface area contributed by atoms with E-state index in [4.69, 9.17) is 15.2 Å². The molecule has 0 aliphatic carbocycles. The molecule has 1 aromatic carbocycles. The number of hydrogen-bond donors (Lipinski definition) is 2. The van der Waals surface area contributed by atoms with Crippen molar-refractivity contribution in [3.05, 3.63) is 20.2 Å². The number of hydrogen-bond acceptors (Lipinski definition) is 4. The first-order chi connectivity index (χ1) is 9.58. The van der Waals surface area contributed by atoms with Gasteiger partial charge in [-0.3, -0.25) is 5.10 Å². The van der Waals surface area contributed by atoms with Crippen LogP contribution in [0.4, 0.5) is 5.82 Å². The van der Waals surface area contributed by atoms with Crippen molar-refractivity contribution >= 4 is 44.3 Å². The van der Waals surface area contributed by atoms with Crippen LogP contribution in [0.2, 0.25) is 0 Å². The Morgan fingerprint density at radius 3 is 2.45 bits per heavy atom. The number of H-pyrrole nitrogens is 1. The SMILES string of the molecule is CCOc1cc(OCC)c(-c2[nH]nc(N)c2I)cc1Br. The second-order valence-corrected chi connectivity index (χ2v) is 5.88. The summed E-state index contributed by atoms with van der Waals surface area (Å²) in [5, 5.41) is 6.97. The van der Waals surface area contributed by atoms with Crippen molar-refractivity contribution in [1.29, 1.82) is 0 Å². The second kappa shape index (κ2) is 6.66. The highest BCUT2D eigenvalue weighted by Gasteiger charge is 2.17. The summed E-state index contributed by atoms with van der Waals surface area (Å²) >= 11 is 5.68. The standard InChI is InChI=1S/C13H15BrIN3O2/c1-3-19-9-6-10(20-4-2)8(14)5-7(9)12-11(15)13(16)18-17-12/h5-6H,3-4H2,1-2H3,(H3,16,17,18). The highest BCUT2D eigenvalue weighted by atomic mass is 127. The van der Waals surface area contributed by atoms with Gasteiger partial charge in [-0.15, -0.1) is 0 Å². The van der Waals surface area contributed by atoms with Gasteiger partial charge in [-0.1, -0.05) is 0 Å². The molecule has 0 aliphatic heterocycles. The number of ether oxygens (including phenoxy) is 2. The Balaban J connectivity index is 2.56. The zero-order valence-electron chi connectivity index (χ0n) is 11.2. The number of anilines is 1. The van der Waals surface area contributed by atoms with Crippen molar-refractivity contribution in [2.24, 2.45) is 0 Å². The molecule has 5 nitrogen and oxygen atoms in total. The van der Waals surface area contributed by atoms with E-state index in [9.17, 15) is 0 Å². The van der Waals surface area contributed by atoms with Gasteiger partial charge in [0.15, 0.2) is 5.82 Å². The van der Waals surface area contributed by atoms with Gasteiger partial charge < -0.3 is 15.2 Å². The lowest BCUT2D eigenvalue weighted by Crippen LogP contribution is -1.98. The first-order valence-corrected chi connectivity index (χ1v) is 8.04. The van der Waals surface area contributed by atoms with Gasteiger partial charge in [-0.05, 0) is 58.4 Å². The van der Waals surface area contributed by atoms with E-state index in [-0.39, 0.29) is 0 Å². The largest absolute Gasteiger partial charge is 0.493 e. The number of rotatable bonds is 5. The van der Waals surface area contributed by atoms with Crippen LogP contribution < -0.4 is 15.2 Å². The molecule has 20 heavy (non-hydrogen) atoms. The fraction of sp³-hybridized carbons (Fsp3) is 0.308. The van der Waals surface area contributed by atoms with Crippen molar-refractivity contribution in [1.82, 2.24) is 10.2 Å². The smallest absolute Gasteiger partial charge is 0.159 e. The van der Waals surface area contributed by atoms with E-state index in [0.29, 0.717) is 19.0 Å². The molecule has 0 bridgehead atoms. The Bertz CT molecular complexity index is 616. The number of nitrogens with one attached hydrogen (secondary N) is 1. The number of nitrogen functional groups attached to an aromatic ring is 1.